The van der Waals surface area contributed by atoms with Crippen molar-refractivity contribution < 1.29 is 12.8 Å². The van der Waals surface area contributed by atoms with Gasteiger partial charge in [-0.2, -0.15) is 4.31 Å². The van der Waals surface area contributed by atoms with Gasteiger partial charge in [-0.15, -0.1) is 0 Å². The van der Waals surface area contributed by atoms with Crippen molar-refractivity contribution in [3.63, 3.8) is 0 Å². The largest absolute Gasteiger partial charge is 0.465 e. The Balaban J connectivity index is 2.32. The van der Waals surface area contributed by atoms with E-state index >= 15 is 0 Å². The van der Waals surface area contributed by atoms with Crippen molar-refractivity contribution in [3.8, 4) is 0 Å². The summed E-state index contributed by atoms with van der Waals surface area (Å²) in [5, 5.41) is 0.319. The fourth-order valence-electron chi connectivity index (χ4n) is 1.77. The van der Waals surface area contributed by atoms with E-state index in [0.717, 1.165) is 5.76 Å². The van der Waals surface area contributed by atoms with Gasteiger partial charge in [0.1, 0.15) is 16.4 Å². The van der Waals surface area contributed by atoms with Crippen molar-refractivity contribution in [2.24, 2.45) is 0 Å². The summed E-state index contributed by atoms with van der Waals surface area (Å²) < 4.78 is 31.5. The number of nitrogens with two attached hydrogens (primary N) is 1. The predicted molar refractivity (Wildman–Crippen MR) is 78.0 cm³/mol. The highest BCUT2D eigenvalue weighted by Gasteiger charge is 2.24. The third kappa shape index (κ3) is 2.98. The number of rotatable bonds is 4. The standard InChI is InChI=1S/C13H15ClN2O3S/c1-9-3-5-11(19-9)8-16(2)20(17,18)13-7-10(14)4-6-12(13)15/h3-7H,8,15H2,1-2H3. The second-order valence-electron chi connectivity index (χ2n) is 4.46. The number of nitrogen functional groups attached to an aromatic ring is 1. The molecule has 0 bridgehead atoms. The summed E-state index contributed by atoms with van der Waals surface area (Å²) in [7, 11) is -2.25. The van der Waals surface area contributed by atoms with Crippen molar-refractivity contribution in [2.75, 3.05) is 12.8 Å². The fraction of sp³-hybridized carbons (Fsp3) is 0.231. The molecule has 2 N–H and O–H groups in total. The minimum atomic E-state index is -3.72. The molecule has 1 aromatic carbocycles. The monoisotopic (exact) mass is 314 g/mol. The second kappa shape index (κ2) is 5.47. The lowest BCUT2D eigenvalue weighted by molar-refractivity contribution is 0.397. The van der Waals surface area contributed by atoms with Crippen LogP contribution in [0.3, 0.4) is 0 Å². The van der Waals surface area contributed by atoms with Crippen LogP contribution >= 0.6 is 11.6 Å². The van der Waals surface area contributed by atoms with Crippen LogP contribution in [0.15, 0.2) is 39.6 Å². The van der Waals surface area contributed by atoms with Crippen molar-refractivity contribution in [1.82, 2.24) is 4.31 Å². The van der Waals surface area contributed by atoms with Gasteiger partial charge in [-0.1, -0.05) is 11.6 Å². The van der Waals surface area contributed by atoms with Gasteiger partial charge in [-0.05, 0) is 37.3 Å². The topological polar surface area (TPSA) is 76.5 Å². The van der Waals surface area contributed by atoms with Crippen molar-refractivity contribution in [3.05, 3.63) is 46.9 Å². The number of benzene rings is 1. The smallest absolute Gasteiger partial charge is 0.245 e. The normalized spacial score (nSPS) is 12.0. The Labute approximate surface area is 123 Å². The van der Waals surface area contributed by atoms with E-state index in [2.05, 4.69) is 0 Å². The lowest BCUT2D eigenvalue weighted by Gasteiger charge is -2.17. The zero-order valence-electron chi connectivity index (χ0n) is 11.1. The van der Waals surface area contributed by atoms with Gasteiger partial charge >= 0.3 is 0 Å². The summed E-state index contributed by atoms with van der Waals surface area (Å²) in [6.07, 6.45) is 0. The lowest BCUT2D eigenvalue weighted by Crippen LogP contribution is -2.27. The highest BCUT2D eigenvalue weighted by atomic mass is 35.5. The highest BCUT2D eigenvalue weighted by molar-refractivity contribution is 7.89. The Morgan fingerprint density at radius 2 is 2.00 bits per heavy atom. The molecule has 1 aromatic heterocycles. The molecule has 0 aliphatic carbocycles. The van der Waals surface area contributed by atoms with E-state index in [1.165, 1.54) is 23.5 Å². The minimum Gasteiger partial charge on any atom is -0.465 e. The molecule has 0 spiro atoms. The molecular weight excluding hydrogens is 300 g/mol. The Hall–Kier alpha value is -1.50. The maximum atomic E-state index is 12.5. The molecule has 0 aliphatic rings. The van der Waals surface area contributed by atoms with Gasteiger partial charge in [0, 0.05) is 12.1 Å². The van der Waals surface area contributed by atoms with Gasteiger partial charge in [0.15, 0.2) is 0 Å². The summed E-state index contributed by atoms with van der Waals surface area (Å²) in [5.41, 5.74) is 5.89. The van der Waals surface area contributed by atoms with Gasteiger partial charge in [0.2, 0.25) is 10.0 Å². The maximum absolute atomic E-state index is 12.5. The Kier molecular flexibility index (Phi) is 4.08. The average molecular weight is 315 g/mol. The van der Waals surface area contributed by atoms with Crippen LogP contribution in [0.4, 0.5) is 5.69 Å². The van der Waals surface area contributed by atoms with E-state index in [0.29, 0.717) is 10.8 Å². The van der Waals surface area contributed by atoms with E-state index < -0.39 is 10.0 Å². The van der Waals surface area contributed by atoms with Gasteiger partial charge in [0.05, 0.1) is 12.2 Å². The van der Waals surface area contributed by atoms with Crippen LogP contribution < -0.4 is 5.73 Å². The SMILES string of the molecule is Cc1ccc(CN(C)S(=O)(=O)c2cc(Cl)ccc2N)o1. The van der Waals surface area contributed by atoms with Crippen LogP contribution in [0, 0.1) is 6.92 Å². The first-order valence-electron chi connectivity index (χ1n) is 5.87. The van der Waals surface area contributed by atoms with E-state index in [4.69, 9.17) is 21.8 Å². The molecule has 108 valence electrons. The van der Waals surface area contributed by atoms with Crippen LogP contribution in [0.2, 0.25) is 5.02 Å². The Bertz CT molecular complexity index is 725. The van der Waals surface area contributed by atoms with E-state index in [1.807, 2.05) is 0 Å². The quantitative estimate of drug-likeness (QED) is 0.880. The van der Waals surface area contributed by atoms with Gasteiger partial charge in [0.25, 0.3) is 0 Å². The molecule has 7 heteroatoms. The first-order valence-corrected chi connectivity index (χ1v) is 7.69. The Morgan fingerprint density at radius 3 is 2.60 bits per heavy atom. The summed E-state index contributed by atoms with van der Waals surface area (Å²) >= 11 is 5.83. The minimum absolute atomic E-state index is 0.00391. The first kappa shape index (κ1) is 14.9. The summed E-state index contributed by atoms with van der Waals surface area (Å²) in [5.74, 6) is 1.29. The molecule has 0 aliphatic heterocycles. The number of aryl methyl sites for hydroxylation is 1. The second-order valence-corrected chi connectivity index (χ2v) is 6.91. The predicted octanol–water partition coefficient (Wildman–Crippen LogP) is 2.64. The number of nitrogens with zero attached hydrogens (tertiary/aromatic N) is 1. The molecule has 2 rings (SSSR count). The molecule has 2 aromatic rings. The molecule has 0 atom stereocenters. The number of sulfonamides is 1. The van der Waals surface area contributed by atoms with Gasteiger partial charge in [-0.25, -0.2) is 8.42 Å². The van der Waals surface area contributed by atoms with Crippen LogP contribution in [-0.2, 0) is 16.6 Å². The average Bonchev–Trinajstić information content (AvgIpc) is 2.77. The fourth-order valence-corrected chi connectivity index (χ4v) is 3.29. The summed E-state index contributed by atoms with van der Waals surface area (Å²) in [6, 6.07) is 7.88. The molecule has 0 amide bonds. The number of anilines is 1. The van der Waals surface area contributed by atoms with E-state index in [1.54, 1.807) is 25.1 Å². The first-order chi connectivity index (χ1) is 9.30. The highest BCUT2D eigenvalue weighted by Crippen LogP contribution is 2.26. The zero-order valence-corrected chi connectivity index (χ0v) is 12.7. The lowest BCUT2D eigenvalue weighted by atomic mass is 10.3. The number of hydrogen-bond acceptors (Lipinski definition) is 4. The molecule has 0 unspecified atom stereocenters. The third-order valence-corrected chi connectivity index (χ3v) is 4.93. The molecule has 0 saturated carbocycles. The van der Waals surface area contributed by atoms with Crippen molar-refractivity contribution >= 4 is 27.3 Å². The molecule has 5 nitrogen and oxygen atoms in total. The van der Waals surface area contributed by atoms with Crippen LogP contribution in [0.1, 0.15) is 11.5 Å². The molecule has 0 fully saturated rings. The molecule has 1 heterocycles. The number of hydrogen-bond donors (Lipinski definition) is 1. The maximum Gasteiger partial charge on any atom is 0.245 e. The van der Waals surface area contributed by atoms with Crippen LogP contribution in [0.5, 0.6) is 0 Å². The number of furan rings is 1. The summed E-state index contributed by atoms with van der Waals surface area (Å²) in [6.45, 7) is 1.93. The van der Waals surface area contributed by atoms with Gasteiger partial charge in [-0.3, -0.25) is 0 Å². The molecule has 20 heavy (non-hydrogen) atoms. The number of halogens is 1. The molecule has 0 radical (unpaired) electrons. The van der Waals surface area contributed by atoms with Gasteiger partial charge < -0.3 is 10.2 Å². The van der Waals surface area contributed by atoms with Crippen LogP contribution in [-0.4, -0.2) is 19.8 Å². The van der Waals surface area contributed by atoms with E-state index in [-0.39, 0.29) is 17.1 Å². The van der Waals surface area contributed by atoms with Crippen LogP contribution in [0.25, 0.3) is 0 Å². The zero-order chi connectivity index (χ0) is 14.9. The summed E-state index contributed by atoms with van der Waals surface area (Å²) in [4.78, 5) is -0.00391. The molecular formula is C13H15ClN2O3S. The Morgan fingerprint density at radius 1 is 1.30 bits per heavy atom. The van der Waals surface area contributed by atoms with Crippen molar-refractivity contribution in [2.45, 2.75) is 18.4 Å². The third-order valence-electron chi connectivity index (χ3n) is 2.84. The van der Waals surface area contributed by atoms with Crippen molar-refractivity contribution in [1.29, 1.82) is 0 Å². The van der Waals surface area contributed by atoms with E-state index in [9.17, 15) is 8.42 Å². The molecule has 0 saturated heterocycles.